The monoisotopic (exact) mass is 349 g/mol. The van der Waals surface area contributed by atoms with E-state index in [4.69, 9.17) is 19.6 Å². The largest absolute Gasteiger partial charge is 0.486 e. The van der Waals surface area contributed by atoms with Crippen LogP contribution in [-0.4, -0.2) is 33.2 Å². The van der Waals surface area contributed by atoms with E-state index in [1.54, 1.807) is 0 Å². The fourth-order valence-corrected chi connectivity index (χ4v) is 3.42. The van der Waals surface area contributed by atoms with E-state index < -0.39 is 5.92 Å². The Morgan fingerprint density at radius 2 is 1.81 bits per heavy atom. The van der Waals surface area contributed by atoms with Crippen molar-refractivity contribution in [1.82, 2.24) is 0 Å². The molecule has 6 nitrogen and oxygen atoms in total. The van der Waals surface area contributed by atoms with Crippen molar-refractivity contribution in [3.8, 4) is 23.3 Å². The number of rotatable bonds is 2. The summed E-state index contributed by atoms with van der Waals surface area (Å²) in [4.78, 5) is 1.97. The number of benzene rings is 2. The van der Waals surface area contributed by atoms with Crippen molar-refractivity contribution in [2.24, 2.45) is 5.92 Å². The third kappa shape index (κ3) is 2.62. The highest BCUT2D eigenvalue weighted by molar-refractivity contribution is 5.85. The molecule has 0 saturated heterocycles. The Kier molecular flexibility index (Phi) is 3.92. The van der Waals surface area contributed by atoms with Crippen molar-refractivity contribution in [3.63, 3.8) is 0 Å². The Labute approximate surface area is 152 Å². The molecular formula is C20H19N3O3. The van der Waals surface area contributed by atoms with Gasteiger partial charge in [-0.15, -0.1) is 0 Å². The molecule has 0 amide bonds. The zero-order valence-electron chi connectivity index (χ0n) is 14.7. The minimum atomic E-state index is -0.685. The molecule has 26 heavy (non-hydrogen) atoms. The van der Waals surface area contributed by atoms with E-state index >= 15 is 0 Å². The molecule has 2 aliphatic heterocycles. The molecule has 0 bridgehead atoms. The molecule has 2 aromatic carbocycles. The summed E-state index contributed by atoms with van der Waals surface area (Å²) in [6.45, 7) is 1.04. The molecule has 1 N–H and O–H groups in total. The summed E-state index contributed by atoms with van der Waals surface area (Å²) in [5.74, 6) is 0.996. The minimum absolute atomic E-state index is 0.0317. The van der Waals surface area contributed by atoms with E-state index in [-0.39, 0.29) is 11.8 Å². The Bertz CT molecular complexity index is 917. The van der Waals surface area contributed by atoms with Crippen LogP contribution in [0.25, 0.3) is 0 Å². The zero-order chi connectivity index (χ0) is 18.3. The summed E-state index contributed by atoms with van der Waals surface area (Å²) < 4.78 is 16.9. The molecular weight excluding hydrogens is 330 g/mol. The fraction of sp³-hybridized carbons (Fsp3) is 0.300. The van der Waals surface area contributed by atoms with Crippen LogP contribution < -0.4 is 19.1 Å². The summed E-state index contributed by atoms with van der Waals surface area (Å²) in [7, 11) is 3.90. The number of nitrogens with zero attached hydrogens (tertiary/aromatic N) is 2. The molecule has 2 heterocycles. The number of nitrogens with one attached hydrogen (secondary N) is 1. The van der Waals surface area contributed by atoms with Gasteiger partial charge in [-0.1, -0.05) is 12.1 Å². The third-order valence-corrected chi connectivity index (χ3v) is 4.75. The molecule has 2 atom stereocenters. The van der Waals surface area contributed by atoms with Gasteiger partial charge < -0.3 is 19.1 Å². The molecule has 0 radical (unpaired) electrons. The first-order chi connectivity index (χ1) is 12.6. The van der Waals surface area contributed by atoms with Crippen LogP contribution in [0.3, 0.4) is 0 Å². The van der Waals surface area contributed by atoms with Crippen molar-refractivity contribution in [1.29, 1.82) is 10.7 Å². The molecule has 0 aliphatic carbocycles. The van der Waals surface area contributed by atoms with Crippen LogP contribution in [-0.2, 0) is 0 Å². The van der Waals surface area contributed by atoms with E-state index in [1.165, 1.54) is 0 Å². The van der Waals surface area contributed by atoms with E-state index in [9.17, 15) is 5.26 Å². The summed E-state index contributed by atoms with van der Waals surface area (Å²) in [6.07, 6.45) is 0. The lowest BCUT2D eigenvalue weighted by atomic mass is 9.79. The quantitative estimate of drug-likeness (QED) is 0.901. The maximum absolute atomic E-state index is 9.67. The van der Waals surface area contributed by atoms with E-state index in [1.807, 2.05) is 55.4 Å². The second-order valence-corrected chi connectivity index (χ2v) is 6.57. The van der Waals surface area contributed by atoms with Crippen LogP contribution in [0.2, 0.25) is 0 Å². The lowest BCUT2D eigenvalue weighted by Gasteiger charge is -2.31. The van der Waals surface area contributed by atoms with Gasteiger partial charge in [-0.3, -0.25) is 5.41 Å². The van der Waals surface area contributed by atoms with Gasteiger partial charge in [0.05, 0.1) is 6.07 Å². The van der Waals surface area contributed by atoms with Crippen molar-refractivity contribution in [3.05, 3.63) is 47.5 Å². The lowest BCUT2D eigenvalue weighted by Crippen LogP contribution is -2.31. The second kappa shape index (κ2) is 6.26. The molecule has 4 rings (SSSR count). The second-order valence-electron chi connectivity index (χ2n) is 6.57. The highest BCUT2D eigenvalue weighted by Crippen LogP contribution is 2.45. The summed E-state index contributed by atoms with van der Waals surface area (Å²) in [5.41, 5.74) is 2.79. The SMILES string of the molecule is CN(C)c1ccc2c(c1)OC(=N)C(C#N)C2c1ccc2c(c1)OCCO2. The fourth-order valence-electron chi connectivity index (χ4n) is 3.42. The van der Waals surface area contributed by atoms with Crippen LogP contribution in [0.1, 0.15) is 17.0 Å². The van der Waals surface area contributed by atoms with Gasteiger partial charge in [0.1, 0.15) is 24.9 Å². The first-order valence-electron chi connectivity index (χ1n) is 8.45. The van der Waals surface area contributed by atoms with Gasteiger partial charge in [0, 0.05) is 37.3 Å². The van der Waals surface area contributed by atoms with Gasteiger partial charge in [-0.05, 0) is 23.8 Å². The topological polar surface area (TPSA) is 78.6 Å². The summed E-state index contributed by atoms with van der Waals surface area (Å²) >= 11 is 0. The van der Waals surface area contributed by atoms with Gasteiger partial charge in [0.15, 0.2) is 11.5 Å². The highest BCUT2D eigenvalue weighted by Gasteiger charge is 2.37. The third-order valence-electron chi connectivity index (χ3n) is 4.75. The molecule has 2 aliphatic rings. The standard InChI is InChI=1S/C20H19N3O3/c1-23(2)13-4-5-14-17(10-13)26-20(22)15(11-21)19(14)12-3-6-16-18(9-12)25-8-7-24-16/h3-6,9-10,15,19,22H,7-8H2,1-2H3. The van der Waals surface area contributed by atoms with Crippen LogP contribution in [0.5, 0.6) is 17.2 Å². The van der Waals surface area contributed by atoms with Gasteiger partial charge in [-0.2, -0.15) is 5.26 Å². The zero-order valence-corrected chi connectivity index (χ0v) is 14.7. The number of hydrogen-bond donors (Lipinski definition) is 1. The molecule has 0 aromatic heterocycles. The predicted octanol–water partition coefficient (Wildman–Crippen LogP) is 3.17. The van der Waals surface area contributed by atoms with E-state index in [0.717, 1.165) is 16.8 Å². The average Bonchev–Trinajstić information content (AvgIpc) is 2.66. The van der Waals surface area contributed by atoms with Crippen molar-refractivity contribution in [2.75, 3.05) is 32.2 Å². The molecule has 132 valence electrons. The minimum Gasteiger partial charge on any atom is -0.486 e. The van der Waals surface area contributed by atoms with Gasteiger partial charge in [0.2, 0.25) is 5.90 Å². The highest BCUT2D eigenvalue weighted by atomic mass is 16.6. The predicted molar refractivity (Wildman–Crippen MR) is 97.5 cm³/mol. The van der Waals surface area contributed by atoms with Crippen molar-refractivity contribution >= 4 is 11.6 Å². The normalized spacial score (nSPS) is 20.6. The molecule has 0 spiro atoms. The summed E-state index contributed by atoms with van der Waals surface area (Å²) in [6, 6.07) is 13.8. The number of nitriles is 1. The van der Waals surface area contributed by atoms with Gasteiger partial charge in [-0.25, -0.2) is 0 Å². The van der Waals surface area contributed by atoms with Gasteiger partial charge in [0.25, 0.3) is 0 Å². The van der Waals surface area contributed by atoms with Crippen LogP contribution in [0.15, 0.2) is 36.4 Å². The molecule has 6 heteroatoms. The van der Waals surface area contributed by atoms with Crippen LogP contribution in [0.4, 0.5) is 5.69 Å². The smallest absolute Gasteiger partial charge is 0.205 e. The molecule has 2 aromatic rings. The van der Waals surface area contributed by atoms with Crippen molar-refractivity contribution < 1.29 is 14.2 Å². The van der Waals surface area contributed by atoms with Crippen molar-refractivity contribution in [2.45, 2.75) is 5.92 Å². The maximum Gasteiger partial charge on any atom is 0.205 e. The summed E-state index contributed by atoms with van der Waals surface area (Å²) in [5, 5.41) is 17.9. The van der Waals surface area contributed by atoms with E-state index in [0.29, 0.717) is 30.5 Å². The Hall–Kier alpha value is -3.20. The maximum atomic E-state index is 9.67. The average molecular weight is 349 g/mol. The molecule has 0 fully saturated rings. The Balaban J connectivity index is 1.83. The lowest BCUT2D eigenvalue weighted by molar-refractivity contribution is 0.171. The van der Waals surface area contributed by atoms with E-state index in [2.05, 4.69) is 6.07 Å². The van der Waals surface area contributed by atoms with Crippen LogP contribution >= 0.6 is 0 Å². The molecule has 2 unspecified atom stereocenters. The van der Waals surface area contributed by atoms with Crippen LogP contribution in [0, 0.1) is 22.7 Å². The Morgan fingerprint density at radius 1 is 1.04 bits per heavy atom. The molecule has 0 saturated carbocycles. The number of anilines is 1. The number of ether oxygens (including phenoxy) is 3. The first-order valence-corrected chi connectivity index (χ1v) is 8.45. The van der Waals surface area contributed by atoms with Gasteiger partial charge >= 0.3 is 0 Å². The first kappa shape index (κ1) is 16.3. The number of hydrogen-bond acceptors (Lipinski definition) is 6. The Morgan fingerprint density at radius 3 is 2.54 bits per heavy atom. The number of fused-ring (bicyclic) bond motifs is 2.